The third kappa shape index (κ3) is 4.73. The van der Waals surface area contributed by atoms with Crippen LogP contribution in [0.3, 0.4) is 0 Å². The molecule has 3 nitrogen and oxygen atoms in total. The van der Waals surface area contributed by atoms with E-state index in [1.165, 1.54) is 0 Å². The van der Waals surface area contributed by atoms with Crippen molar-refractivity contribution in [1.82, 2.24) is 4.90 Å². The summed E-state index contributed by atoms with van der Waals surface area (Å²) in [6.45, 7) is 3.92. The Balaban J connectivity index is 3.27. The quantitative estimate of drug-likeness (QED) is 0.553. The summed E-state index contributed by atoms with van der Waals surface area (Å²) in [5, 5.41) is 17.2. The Morgan fingerprint density at radius 3 is 2.40 bits per heavy atom. The van der Waals surface area contributed by atoms with Gasteiger partial charge in [0.1, 0.15) is 0 Å². The average Bonchev–Trinajstić information content (AvgIpc) is 1.88. The first kappa shape index (κ1) is 9.88. The molecule has 0 radical (unpaired) electrons. The average molecular weight is 147 g/mol. The second-order valence-corrected chi connectivity index (χ2v) is 2.77. The van der Waals surface area contributed by atoms with E-state index in [4.69, 9.17) is 10.2 Å². The Labute approximate surface area is 62.3 Å². The monoisotopic (exact) mass is 147 g/mol. The highest BCUT2D eigenvalue weighted by molar-refractivity contribution is 4.56. The van der Waals surface area contributed by atoms with Crippen LogP contribution in [-0.2, 0) is 0 Å². The molecule has 1 atom stereocenters. The van der Waals surface area contributed by atoms with Gasteiger partial charge < -0.3 is 15.1 Å². The van der Waals surface area contributed by atoms with Gasteiger partial charge in [-0.15, -0.1) is 0 Å². The summed E-state index contributed by atoms with van der Waals surface area (Å²) in [7, 11) is 1.93. The number of aliphatic hydroxyl groups excluding tert-OH is 2. The van der Waals surface area contributed by atoms with Gasteiger partial charge in [0.25, 0.3) is 0 Å². The summed E-state index contributed by atoms with van der Waals surface area (Å²) in [6.07, 6.45) is 0. The van der Waals surface area contributed by atoms with Crippen molar-refractivity contribution < 1.29 is 10.2 Å². The molecule has 0 fully saturated rings. The first-order valence-electron chi connectivity index (χ1n) is 3.61. The van der Waals surface area contributed by atoms with Crippen molar-refractivity contribution in [3.05, 3.63) is 0 Å². The zero-order valence-corrected chi connectivity index (χ0v) is 6.75. The Morgan fingerprint density at radius 2 is 2.00 bits per heavy atom. The van der Waals surface area contributed by atoms with Crippen LogP contribution in [0.25, 0.3) is 0 Å². The van der Waals surface area contributed by atoms with Crippen molar-refractivity contribution in [1.29, 1.82) is 0 Å². The van der Waals surface area contributed by atoms with Crippen LogP contribution in [0.15, 0.2) is 0 Å². The summed E-state index contributed by atoms with van der Waals surface area (Å²) >= 11 is 0. The van der Waals surface area contributed by atoms with Crippen LogP contribution >= 0.6 is 0 Å². The fraction of sp³-hybridized carbons (Fsp3) is 1.00. The van der Waals surface area contributed by atoms with Crippen LogP contribution < -0.4 is 0 Å². The standard InChI is InChI=1S/C7H17NO2/c1-7(6-10)5-8(2)3-4-9/h7,9-10H,3-6H2,1-2H3. The summed E-state index contributed by atoms with van der Waals surface area (Å²) < 4.78 is 0. The van der Waals surface area contributed by atoms with Gasteiger partial charge in [0.15, 0.2) is 0 Å². The van der Waals surface area contributed by atoms with E-state index in [1.54, 1.807) is 0 Å². The van der Waals surface area contributed by atoms with Gasteiger partial charge in [-0.3, -0.25) is 0 Å². The number of hydrogen-bond donors (Lipinski definition) is 2. The summed E-state index contributed by atoms with van der Waals surface area (Å²) in [4.78, 5) is 2.00. The Morgan fingerprint density at radius 1 is 1.40 bits per heavy atom. The predicted molar refractivity (Wildman–Crippen MR) is 40.8 cm³/mol. The molecule has 0 aliphatic heterocycles. The molecule has 62 valence electrons. The number of aliphatic hydroxyl groups is 2. The SMILES string of the molecule is CC(CO)CN(C)CCO. The van der Waals surface area contributed by atoms with E-state index in [0.29, 0.717) is 12.5 Å². The zero-order valence-electron chi connectivity index (χ0n) is 6.75. The van der Waals surface area contributed by atoms with Crippen LogP contribution in [0.5, 0.6) is 0 Å². The molecule has 0 aliphatic carbocycles. The van der Waals surface area contributed by atoms with E-state index in [2.05, 4.69) is 0 Å². The molecule has 0 saturated carbocycles. The Hall–Kier alpha value is -0.120. The van der Waals surface area contributed by atoms with Crippen LogP contribution in [0.1, 0.15) is 6.92 Å². The van der Waals surface area contributed by atoms with Crippen LogP contribution in [0.4, 0.5) is 0 Å². The maximum Gasteiger partial charge on any atom is 0.0558 e. The summed E-state index contributed by atoms with van der Waals surface area (Å²) in [6, 6.07) is 0. The van der Waals surface area contributed by atoms with Crippen molar-refractivity contribution in [2.75, 3.05) is 33.4 Å². The van der Waals surface area contributed by atoms with Crippen molar-refractivity contribution in [3.63, 3.8) is 0 Å². The van der Waals surface area contributed by atoms with Gasteiger partial charge in [0.2, 0.25) is 0 Å². The first-order valence-corrected chi connectivity index (χ1v) is 3.61. The van der Waals surface area contributed by atoms with Gasteiger partial charge in [-0.05, 0) is 13.0 Å². The molecule has 0 rings (SSSR count). The highest BCUT2D eigenvalue weighted by Gasteiger charge is 2.03. The van der Waals surface area contributed by atoms with Crippen LogP contribution in [0, 0.1) is 5.92 Å². The second kappa shape index (κ2) is 5.65. The molecule has 10 heavy (non-hydrogen) atoms. The van der Waals surface area contributed by atoms with Crippen LogP contribution in [-0.4, -0.2) is 48.5 Å². The molecule has 1 unspecified atom stereocenters. The first-order chi connectivity index (χ1) is 4.70. The van der Waals surface area contributed by atoms with Gasteiger partial charge >= 0.3 is 0 Å². The maximum atomic E-state index is 8.66. The lowest BCUT2D eigenvalue weighted by Gasteiger charge is -2.18. The molecule has 0 amide bonds. The van der Waals surface area contributed by atoms with Crippen molar-refractivity contribution in [3.8, 4) is 0 Å². The minimum absolute atomic E-state index is 0.189. The fourth-order valence-corrected chi connectivity index (χ4v) is 0.852. The van der Waals surface area contributed by atoms with Crippen molar-refractivity contribution >= 4 is 0 Å². The van der Waals surface area contributed by atoms with Gasteiger partial charge in [-0.2, -0.15) is 0 Å². The highest BCUT2D eigenvalue weighted by atomic mass is 16.3. The molecule has 0 bridgehead atoms. The summed E-state index contributed by atoms with van der Waals surface area (Å²) in [5.41, 5.74) is 0. The largest absolute Gasteiger partial charge is 0.396 e. The molecule has 0 heterocycles. The molecule has 0 saturated heterocycles. The van der Waals surface area contributed by atoms with Gasteiger partial charge in [-0.1, -0.05) is 6.92 Å². The number of hydrogen-bond acceptors (Lipinski definition) is 3. The number of likely N-dealkylation sites (N-methyl/N-ethyl adjacent to an activating group) is 1. The minimum Gasteiger partial charge on any atom is -0.396 e. The molecular formula is C7H17NO2. The lowest BCUT2D eigenvalue weighted by atomic mass is 10.2. The smallest absolute Gasteiger partial charge is 0.0558 e. The maximum absolute atomic E-state index is 8.66. The van der Waals surface area contributed by atoms with Crippen molar-refractivity contribution in [2.45, 2.75) is 6.92 Å². The number of rotatable bonds is 5. The topological polar surface area (TPSA) is 43.7 Å². The van der Waals surface area contributed by atoms with E-state index in [-0.39, 0.29) is 13.2 Å². The van der Waals surface area contributed by atoms with E-state index in [0.717, 1.165) is 6.54 Å². The van der Waals surface area contributed by atoms with E-state index >= 15 is 0 Å². The minimum atomic E-state index is 0.189. The van der Waals surface area contributed by atoms with E-state index < -0.39 is 0 Å². The van der Waals surface area contributed by atoms with Crippen molar-refractivity contribution in [2.24, 2.45) is 5.92 Å². The summed E-state index contributed by atoms with van der Waals surface area (Å²) in [5.74, 6) is 0.302. The Kier molecular flexibility index (Phi) is 5.58. The number of nitrogens with zero attached hydrogens (tertiary/aromatic N) is 1. The zero-order chi connectivity index (χ0) is 7.98. The Bertz CT molecular complexity index is 78.0. The predicted octanol–water partition coefficient (Wildman–Crippen LogP) is -0.461. The second-order valence-electron chi connectivity index (χ2n) is 2.77. The third-order valence-electron chi connectivity index (χ3n) is 1.42. The molecular weight excluding hydrogens is 130 g/mol. The van der Waals surface area contributed by atoms with Crippen LogP contribution in [0.2, 0.25) is 0 Å². The van der Waals surface area contributed by atoms with Gasteiger partial charge in [0.05, 0.1) is 6.61 Å². The lowest BCUT2D eigenvalue weighted by molar-refractivity contribution is 0.167. The molecule has 2 N–H and O–H groups in total. The molecule has 0 aromatic heterocycles. The normalized spacial score (nSPS) is 14.1. The van der Waals surface area contributed by atoms with E-state index in [1.807, 2.05) is 18.9 Å². The van der Waals surface area contributed by atoms with E-state index in [9.17, 15) is 0 Å². The molecule has 3 heteroatoms. The molecule has 0 aromatic carbocycles. The fourth-order valence-electron chi connectivity index (χ4n) is 0.852. The molecule has 0 spiro atoms. The molecule has 0 aromatic rings. The highest BCUT2D eigenvalue weighted by Crippen LogP contribution is 1.94. The third-order valence-corrected chi connectivity index (χ3v) is 1.42. The van der Waals surface area contributed by atoms with Gasteiger partial charge in [-0.25, -0.2) is 0 Å². The molecule has 0 aliphatic rings. The lowest BCUT2D eigenvalue weighted by Crippen LogP contribution is -2.28. The van der Waals surface area contributed by atoms with Gasteiger partial charge in [0, 0.05) is 19.7 Å².